The molecule has 0 bridgehead atoms. The van der Waals surface area contributed by atoms with Crippen molar-refractivity contribution in [2.45, 2.75) is 46.2 Å². The predicted molar refractivity (Wildman–Crippen MR) is 79.1 cm³/mol. The molecule has 3 nitrogen and oxygen atoms in total. The summed E-state index contributed by atoms with van der Waals surface area (Å²) in [4.78, 5) is 0. The summed E-state index contributed by atoms with van der Waals surface area (Å²) in [6.07, 6.45) is 1.67. The summed E-state index contributed by atoms with van der Waals surface area (Å²) in [5.41, 5.74) is 9.62. The Kier molecular flexibility index (Phi) is 4.73. The van der Waals surface area contributed by atoms with Crippen LogP contribution < -0.4 is 5.73 Å². The van der Waals surface area contributed by atoms with Gasteiger partial charge in [-0.3, -0.25) is 4.68 Å². The molecule has 1 aromatic heterocycles. The second-order valence-corrected chi connectivity index (χ2v) is 5.46. The lowest BCUT2D eigenvalue weighted by Crippen LogP contribution is -2.22. The van der Waals surface area contributed by atoms with E-state index in [4.69, 9.17) is 5.73 Å². The van der Waals surface area contributed by atoms with Crippen molar-refractivity contribution in [1.29, 1.82) is 0 Å². The molecule has 0 aliphatic carbocycles. The number of aryl methyl sites for hydroxylation is 1. The van der Waals surface area contributed by atoms with Crippen LogP contribution in [0.5, 0.6) is 0 Å². The molecule has 21 heavy (non-hydrogen) atoms. The lowest BCUT2D eigenvalue weighted by molar-refractivity contribution is 0.572. The van der Waals surface area contributed by atoms with E-state index in [9.17, 15) is 8.78 Å². The first-order chi connectivity index (χ1) is 9.90. The highest BCUT2D eigenvalue weighted by molar-refractivity contribution is 5.27. The zero-order valence-electron chi connectivity index (χ0n) is 12.7. The molecule has 5 heteroatoms. The van der Waals surface area contributed by atoms with Gasteiger partial charge in [0.2, 0.25) is 0 Å². The van der Waals surface area contributed by atoms with E-state index in [0.29, 0.717) is 12.1 Å². The minimum Gasteiger partial charge on any atom is -0.327 e. The van der Waals surface area contributed by atoms with Crippen molar-refractivity contribution in [3.8, 4) is 0 Å². The number of rotatable bonds is 5. The zero-order chi connectivity index (χ0) is 15.6. The van der Waals surface area contributed by atoms with Gasteiger partial charge in [0, 0.05) is 17.8 Å². The topological polar surface area (TPSA) is 43.8 Å². The third kappa shape index (κ3) is 3.67. The van der Waals surface area contributed by atoms with Gasteiger partial charge in [-0.1, -0.05) is 6.92 Å². The second kappa shape index (κ2) is 6.35. The van der Waals surface area contributed by atoms with Crippen LogP contribution in [-0.4, -0.2) is 15.8 Å². The molecule has 0 amide bonds. The maximum absolute atomic E-state index is 13.2. The molecule has 1 atom stereocenters. The number of benzene rings is 1. The van der Waals surface area contributed by atoms with Crippen LogP contribution in [0.25, 0.3) is 0 Å². The first-order valence-corrected chi connectivity index (χ1v) is 7.14. The molecule has 1 heterocycles. The number of hydrogen-bond acceptors (Lipinski definition) is 2. The SMILES string of the molecule is CCC(N)Cc1c(C)nn(Cc2cc(F)cc(F)c2)c1C. The Labute approximate surface area is 123 Å². The second-order valence-electron chi connectivity index (χ2n) is 5.46. The van der Waals surface area contributed by atoms with Crippen molar-refractivity contribution in [1.82, 2.24) is 9.78 Å². The summed E-state index contributed by atoms with van der Waals surface area (Å²) in [6, 6.07) is 3.64. The Bertz CT molecular complexity index is 614. The van der Waals surface area contributed by atoms with Crippen molar-refractivity contribution in [2.75, 3.05) is 0 Å². The first-order valence-electron chi connectivity index (χ1n) is 7.14. The normalized spacial score (nSPS) is 12.7. The summed E-state index contributed by atoms with van der Waals surface area (Å²) in [7, 11) is 0. The molecule has 0 radical (unpaired) electrons. The molecule has 2 aromatic rings. The van der Waals surface area contributed by atoms with Crippen LogP contribution in [0.15, 0.2) is 18.2 Å². The maximum Gasteiger partial charge on any atom is 0.126 e. The van der Waals surface area contributed by atoms with Gasteiger partial charge in [0.15, 0.2) is 0 Å². The monoisotopic (exact) mass is 293 g/mol. The van der Waals surface area contributed by atoms with Gasteiger partial charge in [-0.05, 0) is 49.9 Å². The van der Waals surface area contributed by atoms with E-state index in [0.717, 1.165) is 35.9 Å². The minimum absolute atomic E-state index is 0.103. The summed E-state index contributed by atoms with van der Waals surface area (Å²) < 4.78 is 28.3. The van der Waals surface area contributed by atoms with E-state index >= 15 is 0 Å². The third-order valence-corrected chi connectivity index (χ3v) is 3.78. The number of hydrogen-bond donors (Lipinski definition) is 1. The molecule has 0 saturated carbocycles. The number of nitrogens with zero attached hydrogens (tertiary/aromatic N) is 2. The smallest absolute Gasteiger partial charge is 0.126 e. The van der Waals surface area contributed by atoms with E-state index in [2.05, 4.69) is 12.0 Å². The Morgan fingerprint density at radius 2 is 1.81 bits per heavy atom. The molecule has 1 unspecified atom stereocenters. The van der Waals surface area contributed by atoms with E-state index in [1.165, 1.54) is 12.1 Å². The average Bonchev–Trinajstić information content (AvgIpc) is 2.65. The van der Waals surface area contributed by atoms with Crippen LogP contribution in [-0.2, 0) is 13.0 Å². The largest absolute Gasteiger partial charge is 0.327 e. The van der Waals surface area contributed by atoms with Crippen LogP contribution in [0.2, 0.25) is 0 Å². The number of nitrogens with two attached hydrogens (primary N) is 1. The highest BCUT2D eigenvalue weighted by Gasteiger charge is 2.14. The Morgan fingerprint density at radius 1 is 1.19 bits per heavy atom. The average molecular weight is 293 g/mol. The molecular formula is C16H21F2N3. The fraction of sp³-hybridized carbons (Fsp3) is 0.438. The Balaban J connectivity index is 2.27. The predicted octanol–water partition coefficient (Wildman–Crippen LogP) is 3.11. The van der Waals surface area contributed by atoms with Crippen molar-refractivity contribution in [3.05, 3.63) is 52.3 Å². The fourth-order valence-corrected chi connectivity index (χ4v) is 2.47. The Morgan fingerprint density at radius 3 is 2.38 bits per heavy atom. The summed E-state index contributed by atoms with van der Waals surface area (Å²) in [6.45, 7) is 6.30. The highest BCUT2D eigenvalue weighted by Crippen LogP contribution is 2.18. The lowest BCUT2D eigenvalue weighted by Gasteiger charge is -2.10. The van der Waals surface area contributed by atoms with Crippen LogP contribution in [0, 0.1) is 25.5 Å². The fourth-order valence-electron chi connectivity index (χ4n) is 2.47. The molecular weight excluding hydrogens is 272 g/mol. The van der Waals surface area contributed by atoms with Gasteiger partial charge < -0.3 is 5.73 Å². The van der Waals surface area contributed by atoms with Crippen molar-refractivity contribution < 1.29 is 8.78 Å². The molecule has 0 aliphatic heterocycles. The molecule has 114 valence electrons. The van der Waals surface area contributed by atoms with Gasteiger partial charge in [-0.25, -0.2) is 8.78 Å². The van der Waals surface area contributed by atoms with Crippen molar-refractivity contribution in [3.63, 3.8) is 0 Å². The van der Waals surface area contributed by atoms with E-state index in [1.807, 2.05) is 13.8 Å². The van der Waals surface area contributed by atoms with Crippen molar-refractivity contribution >= 4 is 0 Å². The molecule has 0 aliphatic rings. The number of halogens is 2. The quantitative estimate of drug-likeness (QED) is 0.920. The summed E-state index contributed by atoms with van der Waals surface area (Å²) in [5, 5.41) is 4.47. The molecule has 1 aromatic carbocycles. The van der Waals surface area contributed by atoms with Crippen molar-refractivity contribution in [2.24, 2.45) is 5.73 Å². The molecule has 0 spiro atoms. The number of aromatic nitrogens is 2. The van der Waals surface area contributed by atoms with Crippen LogP contribution in [0.3, 0.4) is 0 Å². The summed E-state index contributed by atoms with van der Waals surface area (Å²) in [5.74, 6) is -1.14. The van der Waals surface area contributed by atoms with Crippen LogP contribution in [0.1, 0.15) is 35.9 Å². The van der Waals surface area contributed by atoms with Gasteiger partial charge in [0.05, 0.1) is 12.2 Å². The molecule has 0 saturated heterocycles. The first kappa shape index (κ1) is 15.6. The van der Waals surface area contributed by atoms with Gasteiger partial charge in [0.25, 0.3) is 0 Å². The van der Waals surface area contributed by atoms with E-state index in [1.54, 1.807) is 4.68 Å². The van der Waals surface area contributed by atoms with Crippen LogP contribution >= 0.6 is 0 Å². The molecule has 2 rings (SSSR count). The lowest BCUT2D eigenvalue weighted by atomic mass is 10.0. The van der Waals surface area contributed by atoms with Gasteiger partial charge in [0.1, 0.15) is 11.6 Å². The van der Waals surface area contributed by atoms with E-state index in [-0.39, 0.29) is 6.04 Å². The van der Waals surface area contributed by atoms with Crippen LogP contribution in [0.4, 0.5) is 8.78 Å². The Hall–Kier alpha value is -1.75. The molecule has 2 N–H and O–H groups in total. The van der Waals surface area contributed by atoms with Gasteiger partial charge in [-0.15, -0.1) is 0 Å². The standard InChI is InChI=1S/C16H21F2N3/c1-4-15(19)8-16-10(2)20-21(11(16)3)9-12-5-13(17)7-14(18)6-12/h5-7,15H,4,8-9,19H2,1-3H3. The van der Waals surface area contributed by atoms with Gasteiger partial charge in [-0.2, -0.15) is 5.10 Å². The van der Waals surface area contributed by atoms with Gasteiger partial charge >= 0.3 is 0 Å². The maximum atomic E-state index is 13.2. The minimum atomic E-state index is -0.570. The highest BCUT2D eigenvalue weighted by atomic mass is 19.1. The van der Waals surface area contributed by atoms with E-state index < -0.39 is 11.6 Å². The third-order valence-electron chi connectivity index (χ3n) is 3.78. The zero-order valence-corrected chi connectivity index (χ0v) is 12.7. The summed E-state index contributed by atoms with van der Waals surface area (Å²) >= 11 is 0. The molecule has 0 fully saturated rings.